The summed E-state index contributed by atoms with van der Waals surface area (Å²) in [6.45, 7) is 4.31. The molecule has 2 amide bonds. The fourth-order valence-electron chi connectivity index (χ4n) is 2.83. The predicted molar refractivity (Wildman–Crippen MR) is 83.7 cm³/mol. The smallest absolute Gasteiger partial charge is 0.279 e. The number of amides is 2. The molecule has 0 saturated carbocycles. The average molecular weight is 306 g/mol. The molecule has 1 aliphatic rings. The van der Waals surface area contributed by atoms with Gasteiger partial charge in [0.2, 0.25) is 5.91 Å². The standard InChI is InChI=1S/C16H23N3O3/c1-2-22-14-8-4-3-7-13(14)18-15(20)11-19-9-5-6-12(10-19)16(17)21/h3-4,7-8,12H,2,5-6,9-11H2,1H3,(H2,17,21)(H,18,20)/p+1/t12-/m1/s1. The van der Waals surface area contributed by atoms with Crippen molar-refractivity contribution in [2.75, 3.05) is 31.6 Å². The molecule has 4 N–H and O–H groups in total. The highest BCUT2D eigenvalue weighted by atomic mass is 16.5. The first-order valence-electron chi connectivity index (χ1n) is 7.74. The van der Waals surface area contributed by atoms with Gasteiger partial charge in [-0.3, -0.25) is 9.59 Å². The van der Waals surface area contributed by atoms with Gasteiger partial charge >= 0.3 is 0 Å². The minimum Gasteiger partial charge on any atom is -0.492 e. The third-order valence-corrected chi connectivity index (χ3v) is 3.89. The summed E-state index contributed by atoms with van der Waals surface area (Å²) in [7, 11) is 0. The third kappa shape index (κ3) is 4.46. The van der Waals surface area contributed by atoms with Crippen molar-refractivity contribution in [3.05, 3.63) is 24.3 Å². The largest absolute Gasteiger partial charge is 0.492 e. The van der Waals surface area contributed by atoms with Gasteiger partial charge in [0.1, 0.15) is 5.75 Å². The van der Waals surface area contributed by atoms with E-state index in [0.29, 0.717) is 31.1 Å². The maximum atomic E-state index is 12.2. The van der Waals surface area contributed by atoms with Gasteiger partial charge in [0.15, 0.2) is 6.54 Å². The van der Waals surface area contributed by atoms with Crippen LogP contribution in [0.2, 0.25) is 0 Å². The maximum absolute atomic E-state index is 12.2. The number of hydrogen-bond donors (Lipinski definition) is 3. The van der Waals surface area contributed by atoms with E-state index in [1.807, 2.05) is 31.2 Å². The van der Waals surface area contributed by atoms with E-state index in [9.17, 15) is 9.59 Å². The minimum absolute atomic E-state index is 0.0766. The second kappa shape index (κ2) is 7.79. The van der Waals surface area contributed by atoms with Gasteiger partial charge in [-0.1, -0.05) is 12.1 Å². The summed E-state index contributed by atoms with van der Waals surface area (Å²) in [6, 6.07) is 7.37. The molecule has 1 fully saturated rings. The predicted octanol–water partition coefficient (Wildman–Crippen LogP) is -0.196. The highest BCUT2D eigenvalue weighted by Crippen LogP contribution is 2.23. The number of para-hydroxylation sites is 2. The Labute approximate surface area is 130 Å². The van der Waals surface area contributed by atoms with Crippen LogP contribution in [0, 0.1) is 5.92 Å². The number of likely N-dealkylation sites (tertiary alicyclic amines) is 1. The molecule has 1 aliphatic heterocycles. The molecule has 0 aliphatic carbocycles. The number of carbonyl (C=O) groups excluding carboxylic acids is 2. The molecule has 6 nitrogen and oxygen atoms in total. The summed E-state index contributed by atoms with van der Waals surface area (Å²) in [5, 5.41) is 2.89. The van der Waals surface area contributed by atoms with Crippen molar-refractivity contribution in [2.24, 2.45) is 11.7 Å². The molecule has 2 atom stereocenters. The van der Waals surface area contributed by atoms with E-state index in [1.54, 1.807) is 0 Å². The van der Waals surface area contributed by atoms with Crippen LogP contribution in [0.25, 0.3) is 0 Å². The van der Waals surface area contributed by atoms with E-state index in [4.69, 9.17) is 10.5 Å². The van der Waals surface area contributed by atoms with Crippen LogP contribution in [0.4, 0.5) is 5.69 Å². The molecule has 0 bridgehead atoms. The second-order valence-corrected chi connectivity index (χ2v) is 5.60. The van der Waals surface area contributed by atoms with Gasteiger partial charge in [0.25, 0.3) is 5.91 Å². The molecule has 1 saturated heterocycles. The molecule has 0 spiro atoms. The van der Waals surface area contributed by atoms with Gasteiger partial charge in [-0.05, 0) is 31.9 Å². The van der Waals surface area contributed by atoms with Gasteiger partial charge < -0.3 is 20.7 Å². The summed E-state index contributed by atoms with van der Waals surface area (Å²) in [5.74, 6) is 0.209. The Morgan fingerprint density at radius 1 is 1.41 bits per heavy atom. The Balaban J connectivity index is 1.91. The topological polar surface area (TPSA) is 85.9 Å². The van der Waals surface area contributed by atoms with Gasteiger partial charge in [-0.25, -0.2) is 0 Å². The quantitative estimate of drug-likeness (QED) is 0.680. The summed E-state index contributed by atoms with van der Waals surface area (Å²) >= 11 is 0. The number of nitrogens with two attached hydrogens (primary N) is 1. The van der Waals surface area contributed by atoms with Gasteiger partial charge in [-0.15, -0.1) is 0 Å². The fourth-order valence-corrected chi connectivity index (χ4v) is 2.83. The van der Waals surface area contributed by atoms with E-state index in [1.165, 1.54) is 0 Å². The molecule has 22 heavy (non-hydrogen) atoms. The lowest BCUT2D eigenvalue weighted by Crippen LogP contribution is -3.14. The van der Waals surface area contributed by atoms with E-state index in [-0.39, 0.29) is 17.7 Å². The van der Waals surface area contributed by atoms with E-state index in [0.717, 1.165) is 24.3 Å². The van der Waals surface area contributed by atoms with Gasteiger partial charge in [0.05, 0.1) is 31.3 Å². The molecule has 0 aromatic heterocycles. The average Bonchev–Trinajstić information content (AvgIpc) is 2.49. The zero-order chi connectivity index (χ0) is 15.9. The Morgan fingerprint density at radius 3 is 2.91 bits per heavy atom. The van der Waals surface area contributed by atoms with Crippen molar-refractivity contribution >= 4 is 17.5 Å². The van der Waals surface area contributed by atoms with Crippen LogP contribution in [-0.4, -0.2) is 38.1 Å². The van der Waals surface area contributed by atoms with E-state index >= 15 is 0 Å². The summed E-state index contributed by atoms with van der Waals surface area (Å²) in [4.78, 5) is 24.6. The minimum atomic E-state index is -0.265. The Kier molecular flexibility index (Phi) is 5.77. The highest BCUT2D eigenvalue weighted by Gasteiger charge is 2.28. The number of carbonyl (C=O) groups is 2. The third-order valence-electron chi connectivity index (χ3n) is 3.89. The number of rotatable bonds is 6. The van der Waals surface area contributed by atoms with Crippen LogP contribution in [-0.2, 0) is 9.59 Å². The Morgan fingerprint density at radius 2 is 2.18 bits per heavy atom. The fraction of sp³-hybridized carbons (Fsp3) is 0.500. The molecular formula is C16H24N3O3+. The van der Waals surface area contributed by atoms with E-state index in [2.05, 4.69) is 5.32 Å². The molecular weight excluding hydrogens is 282 g/mol. The monoisotopic (exact) mass is 306 g/mol. The molecule has 2 rings (SSSR count). The zero-order valence-corrected chi connectivity index (χ0v) is 12.9. The molecule has 1 heterocycles. The number of ether oxygens (including phenoxy) is 1. The first-order valence-corrected chi connectivity index (χ1v) is 7.74. The second-order valence-electron chi connectivity index (χ2n) is 5.60. The number of piperidine rings is 1. The number of benzene rings is 1. The summed E-state index contributed by atoms with van der Waals surface area (Å²) in [5.41, 5.74) is 6.05. The summed E-state index contributed by atoms with van der Waals surface area (Å²) < 4.78 is 5.49. The van der Waals surface area contributed by atoms with Crippen molar-refractivity contribution in [2.45, 2.75) is 19.8 Å². The van der Waals surface area contributed by atoms with Crippen molar-refractivity contribution in [3.63, 3.8) is 0 Å². The number of nitrogens with one attached hydrogen (secondary N) is 2. The molecule has 120 valence electrons. The highest BCUT2D eigenvalue weighted by molar-refractivity contribution is 5.93. The number of hydrogen-bond acceptors (Lipinski definition) is 3. The summed E-state index contributed by atoms with van der Waals surface area (Å²) in [6.07, 6.45) is 1.75. The number of anilines is 1. The molecule has 0 radical (unpaired) electrons. The first kappa shape index (κ1) is 16.3. The first-order chi connectivity index (χ1) is 10.6. The van der Waals surface area contributed by atoms with E-state index < -0.39 is 0 Å². The number of primary amides is 1. The Bertz CT molecular complexity index is 533. The van der Waals surface area contributed by atoms with Crippen LogP contribution in [0.3, 0.4) is 0 Å². The van der Waals surface area contributed by atoms with Crippen molar-refractivity contribution in [3.8, 4) is 5.75 Å². The van der Waals surface area contributed by atoms with Crippen molar-refractivity contribution in [1.82, 2.24) is 0 Å². The number of quaternary nitrogens is 1. The van der Waals surface area contributed by atoms with Crippen LogP contribution < -0.4 is 20.7 Å². The molecule has 1 unspecified atom stereocenters. The zero-order valence-electron chi connectivity index (χ0n) is 12.9. The van der Waals surface area contributed by atoms with Gasteiger partial charge in [-0.2, -0.15) is 0 Å². The van der Waals surface area contributed by atoms with Crippen LogP contribution in [0.1, 0.15) is 19.8 Å². The maximum Gasteiger partial charge on any atom is 0.279 e. The lowest BCUT2D eigenvalue weighted by atomic mass is 9.97. The molecule has 1 aromatic carbocycles. The van der Waals surface area contributed by atoms with Gasteiger partial charge in [0, 0.05) is 0 Å². The van der Waals surface area contributed by atoms with Crippen LogP contribution in [0.15, 0.2) is 24.3 Å². The van der Waals surface area contributed by atoms with Crippen LogP contribution in [0.5, 0.6) is 5.75 Å². The Hall–Kier alpha value is -2.08. The lowest BCUT2D eigenvalue weighted by molar-refractivity contribution is -0.899. The lowest BCUT2D eigenvalue weighted by Gasteiger charge is -2.27. The SMILES string of the molecule is CCOc1ccccc1NC(=O)C[NH+]1CCC[C@@H](C(N)=O)C1. The van der Waals surface area contributed by atoms with Crippen molar-refractivity contribution in [1.29, 1.82) is 0 Å². The molecule has 6 heteroatoms. The molecule has 1 aromatic rings. The van der Waals surface area contributed by atoms with Crippen LogP contribution >= 0.6 is 0 Å². The van der Waals surface area contributed by atoms with Crippen molar-refractivity contribution < 1.29 is 19.2 Å². The normalized spacial score (nSPS) is 21.1.